The van der Waals surface area contributed by atoms with E-state index in [1.807, 2.05) is 43.3 Å². The van der Waals surface area contributed by atoms with E-state index in [1.165, 1.54) is 18.7 Å². The average Bonchev–Trinajstić information content (AvgIpc) is 2.83. The van der Waals surface area contributed by atoms with Gasteiger partial charge in [-0.1, -0.05) is 36.9 Å². The lowest BCUT2D eigenvalue weighted by molar-refractivity contribution is -0.118. The van der Waals surface area contributed by atoms with Gasteiger partial charge in [-0.05, 0) is 24.0 Å². The highest BCUT2D eigenvalue weighted by Crippen LogP contribution is 2.43. The monoisotopic (exact) mass is 379 g/mol. The minimum atomic E-state index is -0.677. The molecule has 7 nitrogen and oxygen atoms in total. The first-order valence-corrected chi connectivity index (χ1v) is 9.51. The van der Waals surface area contributed by atoms with Crippen LogP contribution < -0.4 is 9.64 Å². The first-order chi connectivity index (χ1) is 13.2. The predicted octanol–water partition coefficient (Wildman–Crippen LogP) is 3.49. The summed E-state index contributed by atoms with van der Waals surface area (Å²) < 4.78 is 6.24. The number of benzene rings is 1. The van der Waals surface area contributed by atoms with Crippen molar-refractivity contribution >= 4 is 23.4 Å². The van der Waals surface area contributed by atoms with Gasteiger partial charge in [-0.15, -0.1) is 10.2 Å². The van der Waals surface area contributed by atoms with Crippen LogP contribution in [0.25, 0.3) is 11.3 Å². The highest BCUT2D eigenvalue weighted by Gasteiger charge is 2.34. The molecule has 0 aliphatic carbocycles. The van der Waals surface area contributed by atoms with Gasteiger partial charge in [-0.3, -0.25) is 14.7 Å². The fourth-order valence-electron chi connectivity index (χ4n) is 2.99. The van der Waals surface area contributed by atoms with Gasteiger partial charge in [-0.25, -0.2) is 0 Å². The van der Waals surface area contributed by atoms with E-state index in [0.717, 1.165) is 16.9 Å². The van der Waals surface area contributed by atoms with Gasteiger partial charge in [0.2, 0.25) is 23.2 Å². The Labute approximate surface area is 160 Å². The van der Waals surface area contributed by atoms with Crippen molar-refractivity contribution < 1.29 is 9.53 Å². The van der Waals surface area contributed by atoms with Crippen molar-refractivity contribution in [3.05, 3.63) is 54.4 Å². The predicted molar refractivity (Wildman–Crippen MR) is 102 cm³/mol. The maximum atomic E-state index is 12.6. The summed E-state index contributed by atoms with van der Waals surface area (Å²) in [4.78, 5) is 22.8. The van der Waals surface area contributed by atoms with Crippen LogP contribution in [-0.4, -0.2) is 31.8 Å². The minimum Gasteiger partial charge on any atom is -0.447 e. The summed E-state index contributed by atoms with van der Waals surface area (Å²) >= 11 is 1.49. The molecule has 0 saturated heterocycles. The van der Waals surface area contributed by atoms with E-state index in [9.17, 15) is 4.79 Å². The Morgan fingerprint density at radius 2 is 1.96 bits per heavy atom. The molecule has 0 bridgehead atoms. The van der Waals surface area contributed by atoms with Crippen molar-refractivity contribution in [2.24, 2.45) is 0 Å². The van der Waals surface area contributed by atoms with Gasteiger partial charge in [0.15, 0.2) is 5.69 Å². The molecule has 4 rings (SSSR count). The van der Waals surface area contributed by atoms with Crippen LogP contribution in [-0.2, 0) is 4.79 Å². The van der Waals surface area contributed by atoms with E-state index in [2.05, 4.69) is 20.2 Å². The zero-order valence-corrected chi connectivity index (χ0v) is 15.7. The fraction of sp³-hybridized carbons (Fsp3) is 0.211. The molecule has 0 radical (unpaired) electrons. The number of fused-ring (bicyclic) bond motifs is 3. The molecule has 1 atom stereocenters. The van der Waals surface area contributed by atoms with Crippen LogP contribution in [0.3, 0.4) is 0 Å². The van der Waals surface area contributed by atoms with Crippen molar-refractivity contribution in [3.8, 4) is 17.1 Å². The van der Waals surface area contributed by atoms with Crippen molar-refractivity contribution in [1.29, 1.82) is 0 Å². The van der Waals surface area contributed by atoms with E-state index in [-0.39, 0.29) is 5.91 Å². The van der Waals surface area contributed by atoms with Crippen LogP contribution in [0.5, 0.6) is 5.88 Å². The van der Waals surface area contributed by atoms with Crippen LogP contribution >= 0.6 is 11.8 Å². The number of anilines is 1. The van der Waals surface area contributed by atoms with Crippen LogP contribution in [0.15, 0.2) is 53.9 Å². The van der Waals surface area contributed by atoms with Crippen LogP contribution in [0.4, 0.5) is 5.69 Å². The topological polar surface area (TPSA) is 81.1 Å². The number of carbonyl (C=O) groups is 1. The molecule has 27 heavy (non-hydrogen) atoms. The molecule has 3 aromatic rings. The number of aromatic nitrogens is 4. The van der Waals surface area contributed by atoms with Gasteiger partial charge in [0.05, 0.1) is 5.69 Å². The van der Waals surface area contributed by atoms with E-state index in [4.69, 9.17) is 4.74 Å². The third kappa shape index (κ3) is 3.23. The zero-order valence-electron chi connectivity index (χ0n) is 14.9. The maximum absolute atomic E-state index is 12.6. The molecule has 3 heterocycles. The van der Waals surface area contributed by atoms with Gasteiger partial charge in [0.1, 0.15) is 0 Å². The summed E-state index contributed by atoms with van der Waals surface area (Å²) in [6, 6.07) is 11.2. The second-order valence-corrected chi connectivity index (χ2v) is 7.07. The summed E-state index contributed by atoms with van der Waals surface area (Å²) in [5.41, 5.74) is 2.78. The lowest BCUT2D eigenvalue weighted by Gasteiger charge is -2.29. The van der Waals surface area contributed by atoms with Gasteiger partial charge < -0.3 is 4.74 Å². The van der Waals surface area contributed by atoms with Crippen molar-refractivity contribution in [1.82, 2.24) is 20.2 Å². The molecule has 0 fully saturated rings. The molecule has 0 spiro atoms. The molecule has 1 unspecified atom stereocenters. The Hall–Kier alpha value is -3.00. The van der Waals surface area contributed by atoms with Crippen molar-refractivity contribution in [2.45, 2.75) is 25.2 Å². The molecule has 1 aromatic carbocycles. The van der Waals surface area contributed by atoms with E-state index >= 15 is 0 Å². The fourth-order valence-corrected chi connectivity index (χ4v) is 3.49. The number of ether oxygens (including phenoxy) is 1. The summed E-state index contributed by atoms with van der Waals surface area (Å²) in [7, 11) is 0. The molecule has 0 saturated carbocycles. The van der Waals surface area contributed by atoms with E-state index < -0.39 is 6.23 Å². The lowest BCUT2D eigenvalue weighted by Crippen LogP contribution is -2.36. The smallest absolute Gasteiger partial charge is 0.247 e. The Kier molecular flexibility index (Phi) is 4.72. The molecule has 136 valence electrons. The molecule has 1 aliphatic rings. The Bertz CT molecular complexity index is 983. The largest absolute Gasteiger partial charge is 0.447 e. The minimum absolute atomic E-state index is 0.145. The zero-order chi connectivity index (χ0) is 18.8. The average molecular weight is 379 g/mol. The number of hydrogen-bond acceptors (Lipinski definition) is 7. The number of amides is 1. The Balaban J connectivity index is 1.95. The molecule has 1 amide bonds. The number of para-hydroxylation sites is 1. The first kappa shape index (κ1) is 17.4. The maximum Gasteiger partial charge on any atom is 0.247 e. The summed E-state index contributed by atoms with van der Waals surface area (Å²) in [6.45, 7) is 3.54. The Morgan fingerprint density at radius 1 is 1.19 bits per heavy atom. The van der Waals surface area contributed by atoms with Gasteiger partial charge in [-0.2, -0.15) is 4.98 Å². The number of carbonyl (C=O) groups excluding carboxylic acids is 1. The number of thioether (sulfide) groups is 1. The highest BCUT2D eigenvalue weighted by molar-refractivity contribution is 7.99. The molecule has 2 aromatic heterocycles. The Morgan fingerprint density at radius 3 is 2.70 bits per heavy atom. The SMILES string of the molecule is CCSc1nnc2c(n1)OC(c1ccncc1)N(C(C)=O)c1ccccc1-2. The van der Waals surface area contributed by atoms with Crippen LogP contribution in [0.2, 0.25) is 0 Å². The van der Waals surface area contributed by atoms with Gasteiger partial charge >= 0.3 is 0 Å². The second-order valence-electron chi connectivity index (χ2n) is 5.84. The summed E-state index contributed by atoms with van der Waals surface area (Å²) in [6.07, 6.45) is 2.67. The molecule has 1 aliphatic heterocycles. The van der Waals surface area contributed by atoms with Crippen molar-refractivity contribution in [3.63, 3.8) is 0 Å². The number of pyridine rings is 1. The summed E-state index contributed by atoms with van der Waals surface area (Å²) in [5.74, 6) is 1.04. The first-order valence-electron chi connectivity index (χ1n) is 8.52. The lowest BCUT2D eigenvalue weighted by atomic mass is 10.1. The third-order valence-electron chi connectivity index (χ3n) is 4.12. The van der Waals surface area contributed by atoms with E-state index in [1.54, 1.807) is 17.3 Å². The number of hydrogen-bond donors (Lipinski definition) is 0. The molecule has 8 heteroatoms. The quantitative estimate of drug-likeness (QED) is 0.644. The van der Waals surface area contributed by atoms with Crippen LogP contribution in [0, 0.1) is 0 Å². The third-order valence-corrected chi connectivity index (χ3v) is 4.84. The normalized spacial score (nSPS) is 15.3. The van der Waals surface area contributed by atoms with Crippen molar-refractivity contribution in [2.75, 3.05) is 10.7 Å². The standard InChI is InChI=1S/C19H17N5O2S/c1-3-27-19-21-17-16(22-23-19)14-6-4-5-7-15(14)24(12(2)25)18(26-17)13-8-10-20-11-9-13/h4-11,18H,3H2,1-2H3. The van der Waals surface area contributed by atoms with Crippen LogP contribution in [0.1, 0.15) is 25.6 Å². The molecular formula is C19H17N5O2S. The summed E-state index contributed by atoms with van der Waals surface area (Å²) in [5, 5.41) is 9.09. The molecular weight excluding hydrogens is 362 g/mol. The second kappa shape index (κ2) is 7.32. The number of nitrogens with zero attached hydrogens (tertiary/aromatic N) is 5. The van der Waals surface area contributed by atoms with E-state index in [0.29, 0.717) is 22.4 Å². The molecule has 0 N–H and O–H groups in total. The van der Waals surface area contributed by atoms with Gasteiger partial charge in [0, 0.05) is 30.4 Å². The number of rotatable bonds is 3. The van der Waals surface area contributed by atoms with Gasteiger partial charge in [0.25, 0.3) is 0 Å². The highest BCUT2D eigenvalue weighted by atomic mass is 32.2.